The minimum Gasteiger partial charge on any atom is -0.294 e. The van der Waals surface area contributed by atoms with Crippen LogP contribution < -0.4 is 10.6 Å². The molecule has 3 nitrogen and oxygen atoms in total. The summed E-state index contributed by atoms with van der Waals surface area (Å²) in [7, 11) is 0. The van der Waals surface area contributed by atoms with E-state index in [1.165, 1.54) is 12.1 Å². The second-order valence-corrected chi connectivity index (χ2v) is 9.86. The van der Waals surface area contributed by atoms with Crippen LogP contribution in [-0.4, -0.2) is 15.6 Å². The Morgan fingerprint density at radius 2 is 1.78 bits per heavy atom. The maximum Gasteiger partial charge on any atom is 0.165 e. The largest absolute Gasteiger partial charge is 0.294 e. The number of rotatable bonds is 10. The molecule has 2 aromatic carbocycles. The standard InChI is InChI=1S/C32H38F2N2O/c1-7-10-22(6)16-28(27-15-13-25(33)18-30(27)34)29-19-35-36(31(29)11-8-2)20-23-12-14-26(24(9-3)17-23)32(37)21(4)5/h11-19,21H,7-10,20H2,1-6H3/b22-16+,29-28+,31-11+. The van der Waals surface area contributed by atoms with Crippen LogP contribution in [0.15, 0.2) is 54.2 Å². The van der Waals surface area contributed by atoms with Crippen LogP contribution in [-0.2, 0) is 13.0 Å². The summed E-state index contributed by atoms with van der Waals surface area (Å²) in [6.07, 6.45) is 9.26. The molecule has 5 heteroatoms. The minimum atomic E-state index is -0.600. The fraction of sp³-hybridized carbons (Fsp3) is 0.375. The number of halogens is 2. The van der Waals surface area contributed by atoms with Gasteiger partial charge in [0.2, 0.25) is 0 Å². The van der Waals surface area contributed by atoms with Crippen molar-refractivity contribution in [3.63, 3.8) is 0 Å². The maximum absolute atomic E-state index is 15.0. The monoisotopic (exact) mass is 504 g/mol. The summed E-state index contributed by atoms with van der Waals surface area (Å²) < 4.78 is 30.6. The minimum absolute atomic E-state index is 0.0550. The first-order valence-corrected chi connectivity index (χ1v) is 13.2. The second-order valence-electron chi connectivity index (χ2n) is 9.86. The Balaban J connectivity index is 2.21. The SMILES string of the molecule is CC\C=c1/c(=C(\C=C(/C)CCC)c2ccc(F)cc2F)cnn1Cc1ccc(C(=O)C(C)C)c(CC)c1. The van der Waals surface area contributed by atoms with Crippen molar-refractivity contribution in [2.75, 3.05) is 0 Å². The summed E-state index contributed by atoms with van der Waals surface area (Å²) in [5.74, 6) is -1.10. The molecule has 0 aliphatic carbocycles. The normalized spacial score (nSPS) is 13.4. The number of aromatic nitrogens is 2. The van der Waals surface area contributed by atoms with Crippen LogP contribution in [0.3, 0.4) is 0 Å². The van der Waals surface area contributed by atoms with Gasteiger partial charge in [-0.15, -0.1) is 0 Å². The van der Waals surface area contributed by atoms with Gasteiger partial charge in [-0.2, -0.15) is 5.10 Å². The van der Waals surface area contributed by atoms with Gasteiger partial charge in [0.05, 0.1) is 18.1 Å². The predicted molar refractivity (Wildman–Crippen MR) is 148 cm³/mol. The van der Waals surface area contributed by atoms with E-state index < -0.39 is 11.6 Å². The molecule has 0 bridgehead atoms. The van der Waals surface area contributed by atoms with Gasteiger partial charge < -0.3 is 0 Å². The Bertz CT molecular complexity index is 1410. The van der Waals surface area contributed by atoms with Crippen molar-refractivity contribution >= 4 is 17.4 Å². The van der Waals surface area contributed by atoms with Crippen molar-refractivity contribution in [1.29, 1.82) is 0 Å². The van der Waals surface area contributed by atoms with Crippen LogP contribution in [0.4, 0.5) is 8.78 Å². The summed E-state index contributed by atoms with van der Waals surface area (Å²) in [5.41, 5.74) is 5.03. The third kappa shape index (κ3) is 6.71. The lowest BCUT2D eigenvalue weighted by molar-refractivity contribution is 0.0938. The first-order valence-electron chi connectivity index (χ1n) is 13.2. The molecule has 1 heterocycles. The maximum atomic E-state index is 15.0. The van der Waals surface area contributed by atoms with E-state index in [1.54, 1.807) is 6.20 Å². The van der Waals surface area contributed by atoms with Gasteiger partial charge >= 0.3 is 0 Å². The first-order chi connectivity index (χ1) is 17.7. The quantitative estimate of drug-likeness (QED) is 0.286. The van der Waals surface area contributed by atoms with Crippen molar-refractivity contribution in [3.05, 3.63) is 98.7 Å². The van der Waals surface area contributed by atoms with Gasteiger partial charge in [0.25, 0.3) is 0 Å². The number of Topliss-reactive ketones (excluding diaryl/α,β-unsaturated/α-hetero) is 1. The molecule has 0 aliphatic rings. The number of carbonyl (C=O) groups is 1. The molecule has 3 rings (SSSR count). The lowest BCUT2D eigenvalue weighted by atomic mass is 9.93. The number of carbonyl (C=O) groups excluding carboxylic acids is 1. The average molecular weight is 505 g/mol. The van der Waals surface area contributed by atoms with Gasteiger partial charge in [-0.1, -0.05) is 77.0 Å². The first kappa shape index (κ1) is 28.2. The number of benzene rings is 2. The van der Waals surface area contributed by atoms with E-state index in [0.29, 0.717) is 17.7 Å². The number of hydrogen-bond donors (Lipinski definition) is 0. The van der Waals surface area contributed by atoms with Gasteiger partial charge in [0, 0.05) is 28.3 Å². The summed E-state index contributed by atoms with van der Waals surface area (Å²) >= 11 is 0. The van der Waals surface area contributed by atoms with E-state index in [9.17, 15) is 13.6 Å². The van der Waals surface area contributed by atoms with E-state index in [4.69, 9.17) is 5.10 Å². The van der Waals surface area contributed by atoms with Gasteiger partial charge in [0.15, 0.2) is 5.78 Å². The highest BCUT2D eigenvalue weighted by molar-refractivity contribution is 5.98. The highest BCUT2D eigenvalue weighted by atomic mass is 19.1. The zero-order valence-corrected chi connectivity index (χ0v) is 22.9. The summed E-state index contributed by atoms with van der Waals surface area (Å²) in [6.45, 7) is 12.6. The Labute approximate surface area is 219 Å². The Morgan fingerprint density at radius 3 is 2.41 bits per heavy atom. The topological polar surface area (TPSA) is 34.9 Å². The Morgan fingerprint density at radius 1 is 1.05 bits per heavy atom. The lowest BCUT2D eigenvalue weighted by Gasteiger charge is -2.12. The molecule has 37 heavy (non-hydrogen) atoms. The molecule has 0 amide bonds. The lowest BCUT2D eigenvalue weighted by Crippen LogP contribution is -2.32. The highest BCUT2D eigenvalue weighted by Crippen LogP contribution is 2.21. The number of ketones is 1. The van der Waals surface area contributed by atoms with Crippen molar-refractivity contribution in [2.45, 2.75) is 73.8 Å². The van der Waals surface area contributed by atoms with Crippen molar-refractivity contribution in [2.24, 2.45) is 5.92 Å². The smallest absolute Gasteiger partial charge is 0.165 e. The summed E-state index contributed by atoms with van der Waals surface area (Å²) in [4.78, 5) is 12.6. The number of nitrogens with zero attached hydrogens (tertiary/aromatic N) is 2. The van der Waals surface area contributed by atoms with Crippen LogP contribution in [0.5, 0.6) is 0 Å². The third-order valence-electron chi connectivity index (χ3n) is 6.50. The molecule has 0 radical (unpaired) electrons. The average Bonchev–Trinajstić information content (AvgIpc) is 3.24. The van der Waals surface area contributed by atoms with Crippen LogP contribution >= 0.6 is 0 Å². The molecular weight excluding hydrogens is 466 g/mol. The molecule has 0 spiro atoms. The zero-order chi connectivity index (χ0) is 27.1. The van der Waals surface area contributed by atoms with Gasteiger partial charge in [0.1, 0.15) is 11.6 Å². The molecule has 0 unspecified atom stereocenters. The second kappa shape index (κ2) is 12.8. The molecule has 0 fully saturated rings. The number of allylic oxidation sites excluding steroid dienone is 2. The molecule has 0 aliphatic heterocycles. The summed E-state index contributed by atoms with van der Waals surface area (Å²) in [5, 5.41) is 6.39. The van der Waals surface area contributed by atoms with Crippen LogP contribution in [0.25, 0.3) is 11.6 Å². The number of hydrogen-bond acceptors (Lipinski definition) is 2. The predicted octanol–water partition coefficient (Wildman–Crippen LogP) is 6.75. The molecule has 3 aromatic rings. The zero-order valence-electron chi connectivity index (χ0n) is 22.9. The van der Waals surface area contributed by atoms with Crippen LogP contribution in [0.2, 0.25) is 0 Å². The van der Waals surface area contributed by atoms with Gasteiger partial charge in [-0.25, -0.2) is 8.78 Å². The Hall–Kier alpha value is -3.34. The van der Waals surface area contributed by atoms with Gasteiger partial charge in [-0.3, -0.25) is 9.48 Å². The van der Waals surface area contributed by atoms with E-state index in [2.05, 4.69) is 32.9 Å². The highest BCUT2D eigenvalue weighted by Gasteiger charge is 2.16. The molecule has 0 saturated carbocycles. The fourth-order valence-corrected chi connectivity index (χ4v) is 4.62. The van der Waals surface area contributed by atoms with E-state index in [0.717, 1.165) is 64.6 Å². The van der Waals surface area contributed by atoms with Crippen molar-refractivity contribution < 1.29 is 13.6 Å². The fourth-order valence-electron chi connectivity index (χ4n) is 4.62. The number of aryl methyl sites for hydroxylation is 1. The molecule has 1 aromatic heterocycles. The Kier molecular flexibility index (Phi) is 9.73. The van der Waals surface area contributed by atoms with Gasteiger partial charge in [-0.05, 0) is 55.0 Å². The van der Waals surface area contributed by atoms with Crippen LogP contribution in [0, 0.1) is 17.6 Å². The van der Waals surface area contributed by atoms with Crippen LogP contribution in [0.1, 0.15) is 87.9 Å². The third-order valence-corrected chi connectivity index (χ3v) is 6.50. The van der Waals surface area contributed by atoms with E-state index in [-0.39, 0.29) is 11.7 Å². The molecular formula is C32H38F2N2O. The molecule has 0 saturated heterocycles. The molecule has 0 N–H and O–H groups in total. The summed E-state index contributed by atoms with van der Waals surface area (Å²) in [6, 6.07) is 9.72. The van der Waals surface area contributed by atoms with Crippen molar-refractivity contribution in [3.8, 4) is 0 Å². The van der Waals surface area contributed by atoms with E-state index >= 15 is 0 Å². The van der Waals surface area contributed by atoms with Crippen molar-refractivity contribution in [1.82, 2.24) is 9.78 Å². The molecule has 0 atom stereocenters. The van der Waals surface area contributed by atoms with E-state index in [1.807, 2.05) is 43.7 Å². The molecule has 196 valence electrons.